The van der Waals surface area contributed by atoms with E-state index in [1.54, 1.807) is 37.4 Å². The highest BCUT2D eigenvalue weighted by atomic mass is 16.5. The molecule has 6 nitrogen and oxygen atoms in total. The van der Waals surface area contributed by atoms with Crippen LogP contribution in [-0.4, -0.2) is 28.1 Å². The second kappa shape index (κ2) is 8.85. The third kappa shape index (κ3) is 4.06. The summed E-state index contributed by atoms with van der Waals surface area (Å²) in [5, 5.41) is 21.7. The minimum Gasteiger partial charge on any atom is -0.497 e. The lowest BCUT2D eigenvalue weighted by Crippen LogP contribution is -2.22. The Bertz CT molecular complexity index is 1310. The summed E-state index contributed by atoms with van der Waals surface area (Å²) in [6.45, 7) is 0.0603. The number of aliphatic hydroxyl groups excluding tert-OH is 1. The number of methoxy groups -OCH3 is 1. The highest BCUT2D eigenvalue weighted by molar-refractivity contribution is 6.02. The topological polar surface area (TPSA) is 84.1 Å². The van der Waals surface area contributed by atoms with Crippen LogP contribution in [0.3, 0.4) is 0 Å². The molecule has 156 valence electrons. The van der Waals surface area contributed by atoms with Crippen LogP contribution in [0.5, 0.6) is 11.6 Å². The van der Waals surface area contributed by atoms with E-state index >= 15 is 0 Å². The summed E-state index contributed by atoms with van der Waals surface area (Å²) < 4.78 is 6.52. The Morgan fingerprint density at radius 2 is 1.65 bits per heavy atom. The smallest absolute Gasteiger partial charge is 0.261 e. The number of rotatable bonds is 6. The molecule has 0 radical (unpaired) electrons. The number of ether oxygens (including phenoxy) is 1. The number of aromatic nitrogens is 1. The second-order valence-electron chi connectivity index (χ2n) is 7.07. The standard InChI is InChI=1S/C25H22N2O4/c1-31-19-12-10-17(11-13-19)15-27-24(29)21-8-4-3-7-20(21)22(25(27)30)14-26-23-9-5-2-6-18(23)16-28/h2-14,28,30H,15-16H2,1H3. The first-order valence-corrected chi connectivity index (χ1v) is 9.82. The number of pyridine rings is 1. The van der Waals surface area contributed by atoms with Gasteiger partial charge in [0.1, 0.15) is 5.75 Å². The molecule has 0 aliphatic rings. The fourth-order valence-electron chi connectivity index (χ4n) is 3.50. The van der Waals surface area contributed by atoms with E-state index in [9.17, 15) is 15.0 Å². The Kier molecular flexibility index (Phi) is 5.82. The van der Waals surface area contributed by atoms with Crippen molar-refractivity contribution in [1.82, 2.24) is 4.57 Å². The summed E-state index contributed by atoms with van der Waals surface area (Å²) in [6, 6.07) is 21.7. The highest BCUT2D eigenvalue weighted by Gasteiger charge is 2.15. The van der Waals surface area contributed by atoms with Gasteiger partial charge in [-0.2, -0.15) is 0 Å². The summed E-state index contributed by atoms with van der Waals surface area (Å²) >= 11 is 0. The Morgan fingerprint density at radius 1 is 0.968 bits per heavy atom. The van der Waals surface area contributed by atoms with E-state index in [2.05, 4.69) is 4.99 Å². The number of aliphatic hydroxyl groups is 1. The van der Waals surface area contributed by atoms with E-state index in [0.717, 1.165) is 5.56 Å². The van der Waals surface area contributed by atoms with Gasteiger partial charge in [-0.1, -0.05) is 48.5 Å². The maximum Gasteiger partial charge on any atom is 0.261 e. The lowest BCUT2D eigenvalue weighted by molar-refractivity contribution is 0.282. The molecule has 1 aromatic heterocycles. The molecule has 6 heteroatoms. The van der Waals surface area contributed by atoms with Crippen molar-refractivity contribution >= 4 is 22.7 Å². The van der Waals surface area contributed by atoms with Crippen molar-refractivity contribution in [3.05, 3.63) is 99.8 Å². The molecule has 0 amide bonds. The van der Waals surface area contributed by atoms with Crippen LogP contribution in [0.2, 0.25) is 0 Å². The summed E-state index contributed by atoms with van der Waals surface area (Å²) in [4.78, 5) is 17.6. The maximum atomic E-state index is 13.1. The first kappa shape index (κ1) is 20.4. The quantitative estimate of drug-likeness (QED) is 0.467. The second-order valence-corrected chi connectivity index (χ2v) is 7.07. The van der Waals surface area contributed by atoms with Gasteiger partial charge in [0.2, 0.25) is 5.88 Å². The Morgan fingerprint density at radius 3 is 2.35 bits per heavy atom. The van der Waals surface area contributed by atoms with Crippen LogP contribution in [0.4, 0.5) is 5.69 Å². The molecule has 1 heterocycles. The molecule has 3 aromatic carbocycles. The van der Waals surface area contributed by atoms with Gasteiger partial charge < -0.3 is 14.9 Å². The molecule has 0 bridgehead atoms. The van der Waals surface area contributed by atoms with E-state index in [1.165, 1.54) is 10.8 Å². The largest absolute Gasteiger partial charge is 0.497 e. The molecule has 0 aliphatic heterocycles. The molecule has 4 aromatic rings. The Hall–Kier alpha value is -3.90. The van der Waals surface area contributed by atoms with Gasteiger partial charge in [-0.25, -0.2) is 0 Å². The van der Waals surface area contributed by atoms with Crippen LogP contribution in [0, 0.1) is 0 Å². The van der Waals surface area contributed by atoms with Crippen LogP contribution in [0.15, 0.2) is 82.6 Å². The van der Waals surface area contributed by atoms with Gasteiger partial charge in [0.05, 0.1) is 31.5 Å². The number of benzene rings is 3. The first-order chi connectivity index (χ1) is 15.1. The van der Waals surface area contributed by atoms with Crippen LogP contribution >= 0.6 is 0 Å². The van der Waals surface area contributed by atoms with E-state index < -0.39 is 0 Å². The van der Waals surface area contributed by atoms with Crippen molar-refractivity contribution in [3.8, 4) is 11.6 Å². The van der Waals surface area contributed by atoms with Crippen molar-refractivity contribution in [3.63, 3.8) is 0 Å². The summed E-state index contributed by atoms with van der Waals surface area (Å²) in [6.07, 6.45) is 1.54. The molecule has 0 saturated heterocycles. The zero-order valence-electron chi connectivity index (χ0n) is 17.0. The normalized spacial score (nSPS) is 11.3. The molecule has 0 spiro atoms. The Balaban J connectivity index is 1.84. The van der Waals surface area contributed by atoms with Crippen molar-refractivity contribution in [2.75, 3.05) is 7.11 Å². The van der Waals surface area contributed by atoms with E-state index in [4.69, 9.17) is 4.74 Å². The van der Waals surface area contributed by atoms with Gasteiger partial charge in [-0.3, -0.25) is 14.4 Å². The third-order valence-corrected chi connectivity index (χ3v) is 5.18. The van der Waals surface area contributed by atoms with Crippen molar-refractivity contribution in [2.24, 2.45) is 4.99 Å². The van der Waals surface area contributed by atoms with Gasteiger partial charge in [-0.15, -0.1) is 0 Å². The first-order valence-electron chi connectivity index (χ1n) is 9.82. The third-order valence-electron chi connectivity index (χ3n) is 5.18. The summed E-state index contributed by atoms with van der Waals surface area (Å²) in [5.41, 5.74) is 2.28. The molecule has 0 saturated carbocycles. The van der Waals surface area contributed by atoms with Crippen molar-refractivity contribution in [2.45, 2.75) is 13.2 Å². The average Bonchev–Trinajstić information content (AvgIpc) is 2.82. The molecular weight excluding hydrogens is 392 g/mol. The SMILES string of the molecule is COc1ccc(Cn2c(O)c(C=Nc3ccccc3CO)c3ccccc3c2=O)cc1. The summed E-state index contributed by atoms with van der Waals surface area (Å²) in [5.74, 6) is 0.555. The number of para-hydroxylation sites is 1. The number of aromatic hydroxyl groups is 1. The van der Waals surface area contributed by atoms with E-state index in [-0.39, 0.29) is 24.6 Å². The molecule has 0 aliphatic carbocycles. The monoisotopic (exact) mass is 414 g/mol. The fraction of sp³-hybridized carbons (Fsp3) is 0.120. The number of aliphatic imine (C=N–C) groups is 1. The zero-order valence-corrected chi connectivity index (χ0v) is 17.0. The summed E-state index contributed by atoms with van der Waals surface area (Å²) in [7, 11) is 1.59. The molecular formula is C25H22N2O4. The van der Waals surface area contributed by atoms with Crippen LogP contribution < -0.4 is 10.3 Å². The fourth-order valence-corrected chi connectivity index (χ4v) is 3.50. The molecule has 0 atom stereocenters. The highest BCUT2D eigenvalue weighted by Crippen LogP contribution is 2.26. The van der Waals surface area contributed by atoms with E-state index in [1.807, 2.05) is 42.5 Å². The van der Waals surface area contributed by atoms with Crippen LogP contribution in [0.1, 0.15) is 16.7 Å². The predicted octanol–water partition coefficient (Wildman–Crippen LogP) is 4.01. The predicted molar refractivity (Wildman–Crippen MR) is 122 cm³/mol. The van der Waals surface area contributed by atoms with Gasteiger partial charge >= 0.3 is 0 Å². The molecule has 4 rings (SSSR count). The minimum absolute atomic E-state index is 0.142. The zero-order chi connectivity index (χ0) is 21.8. The number of hydrogen-bond donors (Lipinski definition) is 2. The molecule has 31 heavy (non-hydrogen) atoms. The number of nitrogens with zero attached hydrogens (tertiary/aromatic N) is 2. The molecule has 0 fully saturated rings. The van der Waals surface area contributed by atoms with Crippen LogP contribution in [-0.2, 0) is 13.2 Å². The lowest BCUT2D eigenvalue weighted by atomic mass is 10.1. The van der Waals surface area contributed by atoms with Gasteiger partial charge in [0.15, 0.2) is 0 Å². The lowest BCUT2D eigenvalue weighted by Gasteiger charge is -2.14. The van der Waals surface area contributed by atoms with Gasteiger partial charge in [0, 0.05) is 22.6 Å². The minimum atomic E-state index is -0.281. The average molecular weight is 414 g/mol. The Labute approximate surface area is 179 Å². The van der Waals surface area contributed by atoms with Gasteiger partial charge in [0.25, 0.3) is 5.56 Å². The van der Waals surface area contributed by atoms with Gasteiger partial charge in [-0.05, 0) is 29.8 Å². The molecule has 0 unspecified atom stereocenters. The number of hydrogen-bond acceptors (Lipinski definition) is 5. The van der Waals surface area contributed by atoms with Crippen LogP contribution in [0.25, 0.3) is 10.8 Å². The number of fused-ring (bicyclic) bond motifs is 1. The van der Waals surface area contributed by atoms with Crippen molar-refractivity contribution < 1.29 is 14.9 Å². The molecule has 2 N–H and O–H groups in total. The van der Waals surface area contributed by atoms with Crippen molar-refractivity contribution in [1.29, 1.82) is 0 Å². The van der Waals surface area contributed by atoms with E-state index in [0.29, 0.717) is 33.3 Å². The maximum absolute atomic E-state index is 13.1.